The summed E-state index contributed by atoms with van der Waals surface area (Å²) < 4.78 is 6.52. The van der Waals surface area contributed by atoms with Crippen LogP contribution in [0.15, 0.2) is 23.8 Å². The molecule has 19 heavy (non-hydrogen) atoms. The van der Waals surface area contributed by atoms with E-state index < -0.39 is 0 Å². The molecule has 3 saturated carbocycles. The van der Waals surface area contributed by atoms with Gasteiger partial charge in [-0.15, -0.1) is 0 Å². The Kier molecular flexibility index (Phi) is 1.78. The predicted octanol–water partition coefficient (Wildman–Crippen LogP) is 4.10. The molecular formula is C18H24O. The molecule has 1 nitrogen and oxygen atoms in total. The molecular weight excluding hydrogens is 232 g/mol. The van der Waals surface area contributed by atoms with Crippen LogP contribution in [0.3, 0.4) is 0 Å². The van der Waals surface area contributed by atoms with Gasteiger partial charge in [-0.1, -0.05) is 37.6 Å². The van der Waals surface area contributed by atoms with Crippen molar-refractivity contribution in [2.45, 2.75) is 51.6 Å². The normalized spacial score (nSPS) is 60.9. The molecule has 0 radical (unpaired) electrons. The maximum Gasteiger partial charge on any atom is 0.0771 e. The first-order chi connectivity index (χ1) is 9.09. The van der Waals surface area contributed by atoms with Crippen LogP contribution < -0.4 is 0 Å². The Morgan fingerprint density at radius 2 is 2.11 bits per heavy atom. The molecule has 0 N–H and O–H groups in total. The molecule has 0 aromatic rings. The largest absolute Gasteiger partial charge is 0.373 e. The van der Waals surface area contributed by atoms with E-state index in [2.05, 4.69) is 32.1 Å². The number of hydrogen-bond donors (Lipinski definition) is 0. The highest BCUT2D eigenvalue weighted by Gasteiger charge is 2.74. The summed E-state index contributed by atoms with van der Waals surface area (Å²) in [5, 5.41) is 0. The van der Waals surface area contributed by atoms with Crippen LogP contribution in [-0.4, -0.2) is 12.2 Å². The minimum absolute atomic E-state index is 0.314. The number of ether oxygens (including phenoxy) is 1. The van der Waals surface area contributed by atoms with Gasteiger partial charge in [-0.05, 0) is 43.9 Å². The van der Waals surface area contributed by atoms with Crippen molar-refractivity contribution < 1.29 is 4.74 Å². The zero-order valence-electron chi connectivity index (χ0n) is 12.1. The fraction of sp³-hybridized carbons (Fsp3) is 0.778. The Balaban J connectivity index is 1.57. The average molecular weight is 256 g/mol. The SMILES string of the molecule is CC12C=CC=C1C1COC34CC3CCC4(C)C1CC2. The summed E-state index contributed by atoms with van der Waals surface area (Å²) >= 11 is 0. The van der Waals surface area contributed by atoms with E-state index in [4.69, 9.17) is 4.74 Å². The highest BCUT2D eigenvalue weighted by atomic mass is 16.5. The van der Waals surface area contributed by atoms with Crippen LogP contribution in [0, 0.1) is 28.6 Å². The molecule has 6 unspecified atom stereocenters. The smallest absolute Gasteiger partial charge is 0.0771 e. The van der Waals surface area contributed by atoms with Crippen LogP contribution in [0.4, 0.5) is 0 Å². The molecule has 0 aromatic heterocycles. The number of fused-ring (bicyclic) bond motifs is 4. The van der Waals surface area contributed by atoms with Crippen molar-refractivity contribution >= 4 is 0 Å². The van der Waals surface area contributed by atoms with Crippen molar-refractivity contribution in [2.75, 3.05) is 6.61 Å². The summed E-state index contributed by atoms with van der Waals surface area (Å²) in [5.41, 5.74) is 2.83. The lowest BCUT2D eigenvalue weighted by Gasteiger charge is -2.55. The fourth-order valence-corrected chi connectivity index (χ4v) is 6.37. The van der Waals surface area contributed by atoms with Gasteiger partial charge in [-0.2, -0.15) is 0 Å². The van der Waals surface area contributed by atoms with Gasteiger partial charge in [0, 0.05) is 16.7 Å². The number of rotatable bonds is 0. The highest BCUT2D eigenvalue weighted by Crippen LogP contribution is 2.75. The van der Waals surface area contributed by atoms with Crippen LogP contribution in [-0.2, 0) is 4.74 Å². The first-order valence-electron chi connectivity index (χ1n) is 8.13. The lowest BCUT2D eigenvalue weighted by molar-refractivity contribution is -0.158. The fourth-order valence-electron chi connectivity index (χ4n) is 6.37. The van der Waals surface area contributed by atoms with Gasteiger partial charge in [0.25, 0.3) is 0 Å². The van der Waals surface area contributed by atoms with E-state index in [1.54, 1.807) is 5.57 Å². The minimum atomic E-state index is 0.314. The Morgan fingerprint density at radius 3 is 2.95 bits per heavy atom. The van der Waals surface area contributed by atoms with E-state index in [-0.39, 0.29) is 0 Å². The second kappa shape index (κ2) is 3.03. The topological polar surface area (TPSA) is 9.23 Å². The van der Waals surface area contributed by atoms with Crippen LogP contribution in [0.2, 0.25) is 0 Å². The van der Waals surface area contributed by atoms with E-state index in [1.165, 1.54) is 32.1 Å². The molecule has 1 heterocycles. The molecule has 0 aromatic carbocycles. The van der Waals surface area contributed by atoms with Gasteiger partial charge < -0.3 is 4.74 Å². The van der Waals surface area contributed by atoms with Crippen molar-refractivity contribution in [2.24, 2.45) is 28.6 Å². The van der Waals surface area contributed by atoms with Gasteiger partial charge in [0.2, 0.25) is 0 Å². The highest BCUT2D eigenvalue weighted by molar-refractivity contribution is 5.39. The molecule has 1 spiro atoms. The van der Waals surface area contributed by atoms with E-state index in [9.17, 15) is 0 Å². The third-order valence-electron chi connectivity index (χ3n) is 7.63. The standard InChI is InChI=1S/C18H24O/c1-16-7-3-4-14(16)13-11-19-18-10-12(18)5-9-17(18,2)15(13)6-8-16/h3-4,7,12-13,15H,5-6,8-11H2,1-2H3. The third kappa shape index (κ3) is 1.07. The number of hydrogen-bond acceptors (Lipinski definition) is 1. The van der Waals surface area contributed by atoms with Crippen molar-refractivity contribution in [3.8, 4) is 0 Å². The predicted molar refractivity (Wildman–Crippen MR) is 75.7 cm³/mol. The lowest BCUT2D eigenvalue weighted by Crippen LogP contribution is -2.54. The van der Waals surface area contributed by atoms with E-state index in [0.717, 1.165) is 18.4 Å². The lowest BCUT2D eigenvalue weighted by atomic mass is 9.54. The van der Waals surface area contributed by atoms with Crippen LogP contribution >= 0.6 is 0 Å². The van der Waals surface area contributed by atoms with Crippen molar-refractivity contribution in [3.05, 3.63) is 23.8 Å². The summed E-state index contributed by atoms with van der Waals surface area (Å²) in [4.78, 5) is 0. The monoisotopic (exact) mass is 256 g/mol. The zero-order chi connectivity index (χ0) is 12.9. The van der Waals surface area contributed by atoms with Crippen LogP contribution in [0.5, 0.6) is 0 Å². The molecule has 4 fully saturated rings. The molecule has 1 aliphatic heterocycles. The third-order valence-corrected chi connectivity index (χ3v) is 7.63. The summed E-state index contributed by atoms with van der Waals surface area (Å²) in [6.07, 6.45) is 14.1. The van der Waals surface area contributed by atoms with Crippen molar-refractivity contribution in [1.29, 1.82) is 0 Å². The Bertz CT molecular complexity index is 518. The molecule has 1 heteroatoms. The summed E-state index contributed by atoms with van der Waals surface area (Å²) in [7, 11) is 0. The zero-order valence-corrected chi connectivity index (χ0v) is 12.1. The summed E-state index contributed by atoms with van der Waals surface area (Å²) in [5.74, 6) is 2.49. The number of allylic oxidation sites excluding steroid dienone is 3. The van der Waals surface area contributed by atoms with Gasteiger partial charge in [-0.25, -0.2) is 0 Å². The van der Waals surface area contributed by atoms with Crippen molar-refractivity contribution in [3.63, 3.8) is 0 Å². The Labute approximate surface area is 116 Å². The molecule has 5 rings (SSSR count). The van der Waals surface area contributed by atoms with Gasteiger partial charge >= 0.3 is 0 Å². The van der Waals surface area contributed by atoms with Crippen LogP contribution in [0.1, 0.15) is 46.0 Å². The minimum Gasteiger partial charge on any atom is -0.373 e. The van der Waals surface area contributed by atoms with E-state index in [1.807, 2.05) is 0 Å². The molecule has 102 valence electrons. The van der Waals surface area contributed by atoms with Gasteiger partial charge in [0.15, 0.2) is 0 Å². The van der Waals surface area contributed by atoms with Gasteiger partial charge in [0.1, 0.15) is 0 Å². The average Bonchev–Trinajstić information content (AvgIpc) is 2.83. The summed E-state index contributed by atoms with van der Waals surface area (Å²) in [6, 6.07) is 0. The van der Waals surface area contributed by atoms with Gasteiger partial charge in [-0.3, -0.25) is 0 Å². The quantitative estimate of drug-likeness (QED) is 0.634. The molecule has 0 amide bonds. The first-order valence-corrected chi connectivity index (χ1v) is 8.13. The van der Waals surface area contributed by atoms with E-state index in [0.29, 0.717) is 22.3 Å². The molecule has 1 saturated heterocycles. The van der Waals surface area contributed by atoms with E-state index >= 15 is 0 Å². The second-order valence-electron chi connectivity index (χ2n) is 8.21. The first kappa shape index (κ1) is 11.1. The molecule has 0 bridgehead atoms. The second-order valence-corrected chi connectivity index (χ2v) is 8.21. The Morgan fingerprint density at radius 1 is 1.21 bits per heavy atom. The van der Waals surface area contributed by atoms with Crippen molar-refractivity contribution in [1.82, 2.24) is 0 Å². The maximum atomic E-state index is 6.52. The maximum absolute atomic E-state index is 6.52. The molecule has 5 aliphatic rings. The Hall–Kier alpha value is -0.560. The van der Waals surface area contributed by atoms with Crippen LogP contribution in [0.25, 0.3) is 0 Å². The molecule has 4 aliphatic carbocycles. The molecule has 6 atom stereocenters. The van der Waals surface area contributed by atoms with Gasteiger partial charge in [0.05, 0.1) is 12.2 Å². The summed E-state index contributed by atoms with van der Waals surface area (Å²) in [6.45, 7) is 5.99.